The Bertz CT molecular complexity index is 1020. The number of carbonyl (C=O) groups excluding carboxylic acids is 1. The van der Waals surface area contributed by atoms with Crippen LogP contribution in [0.15, 0.2) is 53.4 Å². The van der Waals surface area contributed by atoms with E-state index in [-0.39, 0.29) is 29.0 Å². The first-order valence-corrected chi connectivity index (χ1v) is 11.2. The fraction of sp³-hybridized carbons (Fsp3) is 0.364. The minimum atomic E-state index is -3.94. The van der Waals surface area contributed by atoms with Gasteiger partial charge in [-0.25, -0.2) is 13.1 Å². The van der Waals surface area contributed by atoms with E-state index < -0.39 is 10.0 Å². The molecule has 7 heteroatoms. The van der Waals surface area contributed by atoms with E-state index in [1.807, 2.05) is 18.2 Å². The van der Waals surface area contributed by atoms with Gasteiger partial charge >= 0.3 is 0 Å². The molecule has 1 aliphatic rings. The molecule has 2 aromatic rings. The SMILES string of the molecule is CC(C)c1ccc(CN(C(=O)CNS(=O)(=O)c2ccccc2C#N)C2CC2)cc1. The summed E-state index contributed by atoms with van der Waals surface area (Å²) in [6.07, 6.45) is 1.86. The zero-order valence-corrected chi connectivity index (χ0v) is 17.4. The molecule has 0 unspecified atom stereocenters. The van der Waals surface area contributed by atoms with E-state index in [2.05, 4.69) is 30.7 Å². The lowest BCUT2D eigenvalue weighted by Gasteiger charge is -2.23. The summed E-state index contributed by atoms with van der Waals surface area (Å²) in [6.45, 7) is 4.39. The zero-order chi connectivity index (χ0) is 21.0. The molecule has 29 heavy (non-hydrogen) atoms. The van der Waals surface area contributed by atoms with Crippen LogP contribution in [0.1, 0.15) is 49.3 Å². The Morgan fingerprint density at radius 2 is 1.83 bits per heavy atom. The molecule has 1 saturated carbocycles. The number of nitrogens with zero attached hydrogens (tertiary/aromatic N) is 2. The molecule has 0 radical (unpaired) electrons. The largest absolute Gasteiger partial charge is 0.334 e. The van der Waals surface area contributed by atoms with Crippen molar-refractivity contribution < 1.29 is 13.2 Å². The Morgan fingerprint density at radius 1 is 1.17 bits per heavy atom. The third-order valence-corrected chi connectivity index (χ3v) is 6.48. The molecule has 0 aromatic heterocycles. The molecular weight excluding hydrogens is 386 g/mol. The topological polar surface area (TPSA) is 90.3 Å². The molecule has 0 atom stereocenters. The van der Waals surface area contributed by atoms with Crippen LogP contribution in [0.25, 0.3) is 0 Å². The summed E-state index contributed by atoms with van der Waals surface area (Å²) in [7, 11) is -3.94. The van der Waals surface area contributed by atoms with Crippen molar-refractivity contribution in [1.29, 1.82) is 5.26 Å². The van der Waals surface area contributed by atoms with Crippen LogP contribution in [0.2, 0.25) is 0 Å². The first-order valence-electron chi connectivity index (χ1n) is 9.69. The molecule has 3 rings (SSSR count). The van der Waals surface area contributed by atoms with E-state index in [9.17, 15) is 13.2 Å². The van der Waals surface area contributed by atoms with Crippen LogP contribution in [-0.4, -0.2) is 31.8 Å². The Morgan fingerprint density at radius 3 is 2.41 bits per heavy atom. The normalized spacial score (nSPS) is 13.9. The summed E-state index contributed by atoms with van der Waals surface area (Å²) >= 11 is 0. The molecule has 1 amide bonds. The van der Waals surface area contributed by atoms with Gasteiger partial charge in [0.15, 0.2) is 0 Å². The van der Waals surface area contributed by atoms with E-state index >= 15 is 0 Å². The van der Waals surface area contributed by atoms with E-state index in [0.29, 0.717) is 12.5 Å². The second-order valence-electron chi connectivity index (χ2n) is 7.58. The van der Waals surface area contributed by atoms with Crippen LogP contribution in [0.4, 0.5) is 0 Å². The smallest absolute Gasteiger partial charge is 0.242 e. The molecular formula is C22H25N3O3S. The number of nitriles is 1. The lowest BCUT2D eigenvalue weighted by molar-refractivity contribution is -0.131. The van der Waals surface area contributed by atoms with Gasteiger partial charge in [-0.05, 0) is 42.0 Å². The highest BCUT2D eigenvalue weighted by Gasteiger charge is 2.33. The van der Waals surface area contributed by atoms with Crippen molar-refractivity contribution in [3.63, 3.8) is 0 Å². The zero-order valence-electron chi connectivity index (χ0n) is 16.6. The minimum Gasteiger partial charge on any atom is -0.334 e. The van der Waals surface area contributed by atoms with E-state index in [1.165, 1.54) is 17.7 Å². The van der Waals surface area contributed by atoms with Gasteiger partial charge in [-0.3, -0.25) is 4.79 Å². The number of benzene rings is 2. The quantitative estimate of drug-likeness (QED) is 0.722. The first-order chi connectivity index (χ1) is 13.8. The predicted molar refractivity (Wildman–Crippen MR) is 110 cm³/mol. The van der Waals surface area contributed by atoms with Crippen LogP contribution >= 0.6 is 0 Å². The summed E-state index contributed by atoms with van der Waals surface area (Å²) in [5.41, 5.74) is 2.31. The van der Waals surface area contributed by atoms with Crippen LogP contribution < -0.4 is 4.72 Å². The molecule has 1 aliphatic carbocycles. The van der Waals surface area contributed by atoms with Gasteiger partial charge in [0.05, 0.1) is 17.0 Å². The maximum atomic E-state index is 12.8. The van der Waals surface area contributed by atoms with Crippen molar-refractivity contribution in [2.24, 2.45) is 0 Å². The van der Waals surface area contributed by atoms with E-state index in [4.69, 9.17) is 5.26 Å². The molecule has 6 nitrogen and oxygen atoms in total. The number of hydrogen-bond donors (Lipinski definition) is 1. The maximum Gasteiger partial charge on any atom is 0.242 e. The first kappa shape index (κ1) is 21.0. The minimum absolute atomic E-state index is 0.0525. The van der Waals surface area contributed by atoms with Gasteiger partial charge in [0, 0.05) is 12.6 Å². The number of rotatable bonds is 8. The third kappa shape index (κ3) is 5.22. The monoisotopic (exact) mass is 411 g/mol. The molecule has 152 valence electrons. The van der Waals surface area contributed by atoms with Crippen molar-refractivity contribution in [2.45, 2.75) is 50.1 Å². The van der Waals surface area contributed by atoms with Gasteiger partial charge in [-0.2, -0.15) is 5.26 Å². The van der Waals surface area contributed by atoms with Crippen molar-refractivity contribution in [3.8, 4) is 6.07 Å². The lowest BCUT2D eigenvalue weighted by Crippen LogP contribution is -2.41. The average Bonchev–Trinajstić information content (AvgIpc) is 3.55. The molecule has 0 aliphatic heterocycles. The van der Waals surface area contributed by atoms with Crippen molar-refractivity contribution in [3.05, 3.63) is 65.2 Å². The van der Waals surface area contributed by atoms with Gasteiger partial charge < -0.3 is 4.90 Å². The van der Waals surface area contributed by atoms with Crippen molar-refractivity contribution >= 4 is 15.9 Å². The fourth-order valence-electron chi connectivity index (χ4n) is 3.14. The molecule has 2 aromatic carbocycles. The lowest BCUT2D eigenvalue weighted by atomic mass is 10.0. The van der Waals surface area contributed by atoms with Crippen LogP contribution in [0, 0.1) is 11.3 Å². The van der Waals surface area contributed by atoms with Gasteiger partial charge in [-0.1, -0.05) is 50.2 Å². The number of sulfonamides is 1. The molecule has 1 fully saturated rings. The van der Waals surface area contributed by atoms with Gasteiger partial charge in [0.25, 0.3) is 0 Å². The van der Waals surface area contributed by atoms with Crippen LogP contribution in [0.5, 0.6) is 0 Å². The van der Waals surface area contributed by atoms with Crippen molar-refractivity contribution in [1.82, 2.24) is 9.62 Å². The fourth-order valence-corrected chi connectivity index (χ4v) is 4.27. The second kappa shape index (κ2) is 8.76. The summed E-state index contributed by atoms with van der Waals surface area (Å²) in [5.74, 6) is 0.175. The molecule has 1 N–H and O–H groups in total. The summed E-state index contributed by atoms with van der Waals surface area (Å²) in [6, 6.07) is 16.1. The number of hydrogen-bond acceptors (Lipinski definition) is 4. The highest BCUT2D eigenvalue weighted by molar-refractivity contribution is 7.89. The summed E-state index contributed by atoms with van der Waals surface area (Å²) in [5, 5.41) is 9.13. The Kier molecular flexibility index (Phi) is 6.36. The van der Waals surface area contributed by atoms with E-state index in [1.54, 1.807) is 17.0 Å². The number of amides is 1. The van der Waals surface area contributed by atoms with E-state index in [0.717, 1.165) is 18.4 Å². The van der Waals surface area contributed by atoms with Crippen LogP contribution in [0.3, 0.4) is 0 Å². The predicted octanol–water partition coefficient (Wildman–Crippen LogP) is 3.15. The third-order valence-electron chi connectivity index (χ3n) is 5.02. The van der Waals surface area contributed by atoms with Crippen molar-refractivity contribution in [2.75, 3.05) is 6.54 Å². The highest BCUT2D eigenvalue weighted by Crippen LogP contribution is 2.29. The van der Waals surface area contributed by atoms with Gasteiger partial charge in [0.1, 0.15) is 6.07 Å². The average molecular weight is 412 g/mol. The summed E-state index contributed by atoms with van der Waals surface area (Å²) in [4.78, 5) is 14.4. The Balaban J connectivity index is 1.68. The number of carbonyl (C=O) groups is 1. The highest BCUT2D eigenvalue weighted by atomic mass is 32.2. The molecule has 0 bridgehead atoms. The number of nitrogens with one attached hydrogen (secondary N) is 1. The standard InChI is InChI=1S/C22H25N3O3S/c1-16(2)18-9-7-17(8-10-18)15-25(20-11-12-20)22(26)14-24-29(27,28)21-6-4-3-5-19(21)13-23/h3-10,16,20,24H,11-12,14-15H2,1-2H3. The Labute approximate surface area is 172 Å². The maximum absolute atomic E-state index is 12.8. The molecule has 0 spiro atoms. The molecule has 0 heterocycles. The van der Waals surface area contributed by atoms with Gasteiger partial charge in [-0.15, -0.1) is 0 Å². The molecule has 0 saturated heterocycles. The van der Waals surface area contributed by atoms with Gasteiger partial charge in [0.2, 0.25) is 15.9 Å². The van der Waals surface area contributed by atoms with Crippen LogP contribution in [-0.2, 0) is 21.4 Å². The Hall–Kier alpha value is -2.69. The second-order valence-corrected chi connectivity index (χ2v) is 9.32. The summed E-state index contributed by atoms with van der Waals surface area (Å²) < 4.78 is 27.5.